The van der Waals surface area contributed by atoms with Crippen LogP contribution in [-0.2, 0) is 4.57 Å². The summed E-state index contributed by atoms with van der Waals surface area (Å²) in [6, 6.07) is 0. The van der Waals surface area contributed by atoms with Crippen LogP contribution in [0.3, 0.4) is 0 Å². The smallest absolute Gasteiger partial charge is 0.770 e. The van der Waals surface area contributed by atoms with Crippen LogP contribution in [0.25, 0.3) is 0 Å². The van der Waals surface area contributed by atoms with Gasteiger partial charge in [0, 0.05) is 31.8 Å². The first kappa shape index (κ1) is 16.5. The van der Waals surface area contributed by atoms with Crippen LogP contribution in [0.5, 0.6) is 0 Å². The number of hydrogen-bond donors (Lipinski definition) is 3. The molecule has 0 spiro atoms. The molecule has 0 aromatic rings. The van der Waals surface area contributed by atoms with Crippen molar-refractivity contribution >= 4 is 24.0 Å². The first-order valence-electron chi connectivity index (χ1n) is 4.74. The van der Waals surface area contributed by atoms with Crippen molar-refractivity contribution in [1.82, 2.24) is 10.6 Å². The molecule has 88 valence electrons. The molecule has 0 bridgehead atoms. The van der Waals surface area contributed by atoms with Gasteiger partial charge in [0.05, 0.1) is 12.4 Å². The average molecular weight is 259 g/mol. The van der Waals surface area contributed by atoms with Crippen LogP contribution in [0.2, 0.25) is 0 Å². The summed E-state index contributed by atoms with van der Waals surface area (Å²) in [6.07, 6.45) is 0.832. The molecule has 1 unspecified atom stereocenters. The zero-order valence-corrected chi connectivity index (χ0v) is 11.0. The maximum atomic E-state index is 10.4. The standard InChI is InChI=1S/C7H16N3O3PS.Li/c11-14(12,13)15-6-5-8-2-1-7-9-3-4-10-7;/h8H,1-6H2,(H,9,10)(H2,11,12,13);/q;+1/p-1. The molecule has 9 heteroatoms. The first-order valence-corrected chi connectivity index (χ1v) is 7.91. The summed E-state index contributed by atoms with van der Waals surface area (Å²) in [7, 11) is 0. The molecule has 1 atom stereocenters. The van der Waals surface area contributed by atoms with Crippen molar-refractivity contribution in [3.8, 4) is 0 Å². The van der Waals surface area contributed by atoms with Crippen molar-refractivity contribution < 1.29 is 33.2 Å². The Morgan fingerprint density at radius 2 is 2.38 bits per heavy atom. The largest absolute Gasteiger partial charge is 1.00 e. The van der Waals surface area contributed by atoms with E-state index in [1.807, 2.05) is 0 Å². The van der Waals surface area contributed by atoms with Crippen molar-refractivity contribution in [3.05, 3.63) is 0 Å². The maximum Gasteiger partial charge on any atom is 1.00 e. The van der Waals surface area contributed by atoms with Gasteiger partial charge in [-0.2, -0.15) is 0 Å². The van der Waals surface area contributed by atoms with Gasteiger partial charge in [-0.15, -0.1) is 0 Å². The first-order chi connectivity index (χ1) is 7.08. The Morgan fingerprint density at radius 1 is 1.62 bits per heavy atom. The minimum atomic E-state index is -4.14. The van der Waals surface area contributed by atoms with E-state index in [1.165, 1.54) is 0 Å². The van der Waals surface area contributed by atoms with Crippen molar-refractivity contribution in [3.63, 3.8) is 0 Å². The Balaban J connectivity index is 0.00000225. The third-order valence-corrected chi connectivity index (χ3v) is 4.05. The molecule has 0 aromatic heterocycles. The van der Waals surface area contributed by atoms with Gasteiger partial charge >= 0.3 is 18.9 Å². The molecule has 1 rings (SSSR count). The molecular formula is C7H15LiN3O3PS. The van der Waals surface area contributed by atoms with E-state index in [-0.39, 0.29) is 18.9 Å². The Hall–Kier alpha value is 0.527. The fraction of sp³-hybridized carbons (Fsp3) is 0.857. The molecular weight excluding hydrogens is 244 g/mol. The molecule has 3 N–H and O–H groups in total. The predicted molar refractivity (Wildman–Crippen MR) is 60.1 cm³/mol. The summed E-state index contributed by atoms with van der Waals surface area (Å²) in [5.74, 6) is 1.36. The Kier molecular flexibility index (Phi) is 8.88. The van der Waals surface area contributed by atoms with Crippen molar-refractivity contribution in [2.75, 3.05) is 31.9 Å². The Labute approximate surface area is 111 Å². The fourth-order valence-electron chi connectivity index (χ4n) is 1.18. The molecule has 0 saturated heterocycles. The summed E-state index contributed by atoms with van der Waals surface area (Å²) in [4.78, 5) is 23.0. The van der Waals surface area contributed by atoms with Gasteiger partial charge in [0.15, 0.2) is 6.80 Å². The molecule has 0 aromatic carbocycles. The summed E-state index contributed by atoms with van der Waals surface area (Å²) in [5, 5.41) is 6.21. The van der Waals surface area contributed by atoms with Crippen molar-refractivity contribution in [1.29, 1.82) is 0 Å². The maximum absolute atomic E-state index is 10.4. The van der Waals surface area contributed by atoms with Crippen LogP contribution < -0.4 is 34.4 Å². The summed E-state index contributed by atoms with van der Waals surface area (Å²) >= 11 is 0.563. The van der Waals surface area contributed by atoms with Gasteiger partial charge in [-0.25, -0.2) is 0 Å². The van der Waals surface area contributed by atoms with Gasteiger partial charge in [0.25, 0.3) is 0 Å². The van der Waals surface area contributed by atoms with E-state index in [0.29, 0.717) is 23.7 Å². The monoisotopic (exact) mass is 259 g/mol. The van der Waals surface area contributed by atoms with E-state index in [1.54, 1.807) is 0 Å². The zero-order chi connectivity index (χ0) is 11.1. The van der Waals surface area contributed by atoms with Crippen molar-refractivity contribution in [2.45, 2.75) is 6.42 Å². The number of hydrogen-bond acceptors (Lipinski definition) is 6. The van der Waals surface area contributed by atoms with Gasteiger partial charge in [-0.3, -0.25) is 9.56 Å². The minimum Gasteiger partial charge on any atom is -0.770 e. The van der Waals surface area contributed by atoms with Gasteiger partial charge in [-0.1, -0.05) is 11.4 Å². The van der Waals surface area contributed by atoms with Crippen LogP contribution in [-0.4, -0.2) is 42.7 Å². The topological polar surface area (TPSA) is 96.8 Å². The molecule has 1 heterocycles. The SMILES string of the molecule is O=P([O-])(O)SCCNCCC1=NCCN1.[Li+]. The molecule has 0 aliphatic carbocycles. The second kappa shape index (κ2) is 8.59. The van der Waals surface area contributed by atoms with E-state index in [0.717, 1.165) is 31.9 Å². The Bertz CT molecular complexity index is 274. The van der Waals surface area contributed by atoms with Crippen LogP contribution >= 0.6 is 18.2 Å². The molecule has 0 radical (unpaired) electrons. The second-order valence-electron chi connectivity index (χ2n) is 3.06. The Morgan fingerprint density at radius 3 is 2.94 bits per heavy atom. The molecule has 0 fully saturated rings. The van der Waals surface area contributed by atoms with Gasteiger partial charge in [0.2, 0.25) is 0 Å². The fourth-order valence-corrected chi connectivity index (χ4v) is 2.61. The van der Waals surface area contributed by atoms with Crippen LogP contribution in [0.15, 0.2) is 4.99 Å². The average Bonchev–Trinajstić information content (AvgIpc) is 2.61. The molecule has 1 aliphatic rings. The normalized spacial score (nSPS) is 18.2. The molecule has 1 aliphatic heterocycles. The van der Waals surface area contributed by atoms with Gasteiger partial charge in [0.1, 0.15) is 0 Å². The minimum absolute atomic E-state index is 0. The van der Waals surface area contributed by atoms with Crippen LogP contribution in [0.4, 0.5) is 0 Å². The molecule has 0 amide bonds. The third kappa shape index (κ3) is 8.65. The van der Waals surface area contributed by atoms with Gasteiger partial charge < -0.3 is 20.4 Å². The van der Waals surface area contributed by atoms with E-state index in [2.05, 4.69) is 15.6 Å². The summed E-state index contributed by atoms with van der Waals surface area (Å²) < 4.78 is 10.4. The van der Waals surface area contributed by atoms with Gasteiger partial charge in [-0.05, 0) is 0 Å². The van der Waals surface area contributed by atoms with Crippen LogP contribution in [0, 0.1) is 0 Å². The molecule has 0 saturated carbocycles. The summed E-state index contributed by atoms with van der Waals surface area (Å²) in [6.45, 7) is -1.07. The number of nitrogens with zero attached hydrogens (tertiary/aromatic N) is 1. The van der Waals surface area contributed by atoms with Crippen LogP contribution in [0.1, 0.15) is 6.42 Å². The van der Waals surface area contributed by atoms with E-state index >= 15 is 0 Å². The number of amidine groups is 1. The number of rotatable bonds is 7. The quantitative estimate of drug-likeness (QED) is 0.246. The van der Waals surface area contributed by atoms with E-state index in [4.69, 9.17) is 4.89 Å². The number of nitrogens with one attached hydrogen (secondary N) is 2. The van der Waals surface area contributed by atoms with Crippen molar-refractivity contribution in [2.24, 2.45) is 4.99 Å². The second-order valence-corrected chi connectivity index (χ2v) is 6.82. The molecule has 6 nitrogen and oxygen atoms in total. The molecule has 16 heavy (non-hydrogen) atoms. The number of aliphatic imine (C=N–C) groups is 1. The summed E-state index contributed by atoms with van der Waals surface area (Å²) in [5.41, 5.74) is 0. The zero-order valence-electron chi connectivity index (χ0n) is 9.31. The third-order valence-electron chi connectivity index (χ3n) is 1.82. The van der Waals surface area contributed by atoms with E-state index in [9.17, 15) is 9.46 Å². The predicted octanol–water partition coefficient (Wildman–Crippen LogP) is -3.83. The van der Waals surface area contributed by atoms with E-state index < -0.39 is 6.80 Å².